The van der Waals surface area contributed by atoms with Crippen LogP contribution in [0.4, 0.5) is 0 Å². The van der Waals surface area contributed by atoms with Gasteiger partial charge in [-0.05, 0) is 30.5 Å². The van der Waals surface area contributed by atoms with Crippen molar-refractivity contribution in [3.8, 4) is 5.75 Å². The number of nitrogens with one attached hydrogen (secondary N) is 1. The summed E-state index contributed by atoms with van der Waals surface area (Å²) in [5.41, 5.74) is 9.90. The lowest BCUT2D eigenvalue weighted by Gasteiger charge is -2.17. The van der Waals surface area contributed by atoms with E-state index >= 15 is 0 Å². The molecule has 1 heterocycles. The molecule has 84 valence electrons. The summed E-state index contributed by atoms with van der Waals surface area (Å²) in [5.74, 6) is 0.899. The Kier molecular flexibility index (Phi) is 2.14. The van der Waals surface area contributed by atoms with Gasteiger partial charge in [-0.2, -0.15) is 0 Å². The molecule has 0 saturated heterocycles. The predicted octanol–water partition coefficient (Wildman–Crippen LogP) is 1.99. The van der Waals surface area contributed by atoms with E-state index in [-0.39, 0.29) is 0 Å². The highest BCUT2D eigenvalue weighted by Gasteiger charge is 2.19. The minimum Gasteiger partial charge on any atom is -0.497 e. The average molecular weight is 216 g/mol. The Bertz CT molecular complexity index is 530. The SMILES string of the molecule is COc1ccc2c3c([nH]c2c1)CC(N)CC3. The molecule has 0 spiro atoms. The lowest BCUT2D eigenvalue weighted by Crippen LogP contribution is -2.27. The van der Waals surface area contributed by atoms with E-state index < -0.39 is 0 Å². The van der Waals surface area contributed by atoms with Gasteiger partial charge in [-0.15, -0.1) is 0 Å². The fourth-order valence-corrected chi connectivity index (χ4v) is 2.57. The van der Waals surface area contributed by atoms with Crippen molar-refractivity contribution in [3.63, 3.8) is 0 Å². The zero-order chi connectivity index (χ0) is 11.1. The average Bonchev–Trinajstić information content (AvgIpc) is 2.64. The van der Waals surface area contributed by atoms with E-state index in [0.717, 1.165) is 25.0 Å². The van der Waals surface area contributed by atoms with Crippen molar-refractivity contribution in [2.45, 2.75) is 25.3 Å². The van der Waals surface area contributed by atoms with Gasteiger partial charge in [-0.3, -0.25) is 0 Å². The molecule has 0 radical (unpaired) electrons. The van der Waals surface area contributed by atoms with E-state index in [1.54, 1.807) is 7.11 Å². The summed E-state index contributed by atoms with van der Waals surface area (Å²) in [7, 11) is 1.69. The fourth-order valence-electron chi connectivity index (χ4n) is 2.57. The number of ether oxygens (including phenoxy) is 1. The van der Waals surface area contributed by atoms with E-state index in [4.69, 9.17) is 10.5 Å². The molecular weight excluding hydrogens is 200 g/mol. The second-order valence-corrected chi connectivity index (χ2v) is 4.50. The zero-order valence-electron chi connectivity index (χ0n) is 9.42. The van der Waals surface area contributed by atoms with Gasteiger partial charge in [0, 0.05) is 35.1 Å². The summed E-state index contributed by atoms with van der Waals surface area (Å²) in [5, 5.41) is 1.32. The van der Waals surface area contributed by atoms with Crippen molar-refractivity contribution in [1.82, 2.24) is 4.98 Å². The molecule has 1 aliphatic carbocycles. The molecule has 3 N–H and O–H groups in total. The number of benzene rings is 1. The maximum absolute atomic E-state index is 5.98. The number of methoxy groups -OCH3 is 1. The number of H-pyrrole nitrogens is 1. The molecule has 1 atom stereocenters. The van der Waals surface area contributed by atoms with Gasteiger partial charge in [-0.25, -0.2) is 0 Å². The Morgan fingerprint density at radius 2 is 2.31 bits per heavy atom. The van der Waals surface area contributed by atoms with Crippen LogP contribution in [-0.4, -0.2) is 18.1 Å². The quantitative estimate of drug-likeness (QED) is 0.766. The summed E-state index contributed by atoms with van der Waals surface area (Å²) in [6, 6.07) is 6.52. The molecule has 16 heavy (non-hydrogen) atoms. The summed E-state index contributed by atoms with van der Waals surface area (Å²) in [4.78, 5) is 3.46. The van der Waals surface area contributed by atoms with Crippen LogP contribution in [0.5, 0.6) is 5.75 Å². The first-order chi connectivity index (χ1) is 7.78. The van der Waals surface area contributed by atoms with Crippen LogP contribution in [0.2, 0.25) is 0 Å². The first-order valence-corrected chi connectivity index (χ1v) is 5.71. The largest absolute Gasteiger partial charge is 0.497 e. The smallest absolute Gasteiger partial charge is 0.120 e. The van der Waals surface area contributed by atoms with Crippen molar-refractivity contribution in [1.29, 1.82) is 0 Å². The number of fused-ring (bicyclic) bond motifs is 3. The summed E-state index contributed by atoms with van der Waals surface area (Å²) in [6.07, 6.45) is 3.14. The molecular formula is C13H16N2O. The number of aryl methyl sites for hydroxylation is 1. The van der Waals surface area contributed by atoms with Gasteiger partial charge in [-0.1, -0.05) is 0 Å². The van der Waals surface area contributed by atoms with E-state index in [2.05, 4.69) is 17.1 Å². The van der Waals surface area contributed by atoms with Crippen LogP contribution in [-0.2, 0) is 12.8 Å². The second kappa shape index (κ2) is 3.52. The van der Waals surface area contributed by atoms with Gasteiger partial charge in [0.2, 0.25) is 0 Å². The number of hydrogen-bond acceptors (Lipinski definition) is 2. The zero-order valence-corrected chi connectivity index (χ0v) is 9.42. The Balaban J connectivity index is 2.16. The maximum Gasteiger partial charge on any atom is 0.120 e. The van der Waals surface area contributed by atoms with Gasteiger partial charge < -0.3 is 15.5 Å². The molecule has 0 saturated carbocycles. The number of aromatic nitrogens is 1. The Labute approximate surface area is 94.6 Å². The van der Waals surface area contributed by atoms with E-state index in [9.17, 15) is 0 Å². The lowest BCUT2D eigenvalue weighted by atomic mass is 9.92. The van der Waals surface area contributed by atoms with E-state index in [1.165, 1.54) is 22.2 Å². The molecule has 0 amide bonds. The van der Waals surface area contributed by atoms with Crippen molar-refractivity contribution < 1.29 is 4.74 Å². The molecule has 3 heteroatoms. The highest BCUT2D eigenvalue weighted by atomic mass is 16.5. The van der Waals surface area contributed by atoms with Crippen LogP contribution >= 0.6 is 0 Å². The minimum atomic E-state index is 0.308. The fraction of sp³-hybridized carbons (Fsp3) is 0.385. The highest BCUT2D eigenvalue weighted by molar-refractivity contribution is 5.86. The van der Waals surface area contributed by atoms with Gasteiger partial charge in [0.05, 0.1) is 7.11 Å². The molecule has 1 aromatic heterocycles. The number of rotatable bonds is 1. The standard InChI is InChI=1S/C13H16N2O/c1-16-9-3-5-11-10-4-2-8(14)6-12(10)15-13(11)7-9/h3,5,7-8,15H,2,4,6,14H2,1H3. The number of hydrogen-bond donors (Lipinski definition) is 2. The highest BCUT2D eigenvalue weighted by Crippen LogP contribution is 2.30. The van der Waals surface area contributed by atoms with Crippen molar-refractivity contribution >= 4 is 10.9 Å². The van der Waals surface area contributed by atoms with Crippen LogP contribution in [0, 0.1) is 0 Å². The van der Waals surface area contributed by atoms with Crippen LogP contribution in [0.3, 0.4) is 0 Å². The predicted molar refractivity (Wildman–Crippen MR) is 64.9 cm³/mol. The topological polar surface area (TPSA) is 51.0 Å². The van der Waals surface area contributed by atoms with Crippen LogP contribution in [0.25, 0.3) is 10.9 Å². The summed E-state index contributed by atoms with van der Waals surface area (Å²) < 4.78 is 5.23. The normalized spacial score (nSPS) is 19.8. The first-order valence-electron chi connectivity index (χ1n) is 5.71. The maximum atomic E-state index is 5.98. The minimum absolute atomic E-state index is 0.308. The van der Waals surface area contributed by atoms with Gasteiger partial charge >= 0.3 is 0 Å². The third kappa shape index (κ3) is 1.39. The van der Waals surface area contributed by atoms with Gasteiger partial charge in [0.15, 0.2) is 0 Å². The van der Waals surface area contributed by atoms with Crippen LogP contribution < -0.4 is 10.5 Å². The summed E-state index contributed by atoms with van der Waals surface area (Å²) >= 11 is 0. The van der Waals surface area contributed by atoms with Gasteiger partial charge in [0.1, 0.15) is 5.75 Å². The molecule has 0 bridgehead atoms. The molecule has 3 rings (SSSR count). The molecule has 3 nitrogen and oxygen atoms in total. The molecule has 0 aliphatic heterocycles. The van der Waals surface area contributed by atoms with Gasteiger partial charge in [0.25, 0.3) is 0 Å². The van der Waals surface area contributed by atoms with E-state index in [1.807, 2.05) is 6.07 Å². The molecule has 1 aromatic carbocycles. The first kappa shape index (κ1) is 9.73. The molecule has 2 aromatic rings. The third-order valence-electron chi connectivity index (χ3n) is 3.43. The van der Waals surface area contributed by atoms with Crippen molar-refractivity contribution in [3.05, 3.63) is 29.5 Å². The second-order valence-electron chi connectivity index (χ2n) is 4.50. The van der Waals surface area contributed by atoms with Crippen LogP contribution in [0.1, 0.15) is 17.7 Å². The third-order valence-corrected chi connectivity index (χ3v) is 3.43. The van der Waals surface area contributed by atoms with Crippen molar-refractivity contribution in [2.75, 3.05) is 7.11 Å². The monoisotopic (exact) mass is 216 g/mol. The lowest BCUT2D eigenvalue weighted by molar-refractivity contribution is 0.415. The number of nitrogens with two attached hydrogens (primary N) is 1. The van der Waals surface area contributed by atoms with Crippen LogP contribution in [0.15, 0.2) is 18.2 Å². The molecule has 1 unspecified atom stereocenters. The van der Waals surface area contributed by atoms with E-state index in [0.29, 0.717) is 6.04 Å². The Morgan fingerprint density at radius 1 is 1.44 bits per heavy atom. The molecule has 0 fully saturated rings. The van der Waals surface area contributed by atoms with Crippen molar-refractivity contribution in [2.24, 2.45) is 5.73 Å². The summed E-state index contributed by atoms with van der Waals surface area (Å²) in [6.45, 7) is 0. The number of aromatic amines is 1. The Hall–Kier alpha value is -1.48. The molecule has 1 aliphatic rings. The Morgan fingerprint density at radius 3 is 3.12 bits per heavy atom.